The van der Waals surface area contributed by atoms with Crippen LogP contribution in [-0.4, -0.2) is 31.1 Å². The molecule has 1 amide bonds. The van der Waals surface area contributed by atoms with Crippen molar-refractivity contribution in [2.24, 2.45) is 5.73 Å². The topological polar surface area (TPSA) is 64.3 Å². The van der Waals surface area contributed by atoms with Crippen molar-refractivity contribution in [1.29, 1.82) is 0 Å². The van der Waals surface area contributed by atoms with E-state index in [1.54, 1.807) is 18.9 Å². The number of carbonyl (C=O) groups is 1. The van der Waals surface area contributed by atoms with Crippen LogP contribution < -0.4 is 15.8 Å². The minimum absolute atomic E-state index is 0.118. The molecule has 0 radical (unpaired) electrons. The number of rotatable bonds is 7. The van der Waals surface area contributed by atoms with E-state index in [0.717, 1.165) is 17.1 Å². The Kier molecular flexibility index (Phi) is 6.73. The third-order valence-corrected chi connectivity index (χ3v) is 3.58. The number of carbonyl (C=O) groups excluding carboxylic acids is 1. The maximum atomic E-state index is 11.9. The molecule has 3 N–H and O–H groups in total. The molecule has 0 aliphatic carbocycles. The van der Waals surface area contributed by atoms with Gasteiger partial charge in [-0.2, -0.15) is 11.8 Å². The Morgan fingerprint density at radius 3 is 2.79 bits per heavy atom. The van der Waals surface area contributed by atoms with Gasteiger partial charge in [0.1, 0.15) is 5.75 Å². The van der Waals surface area contributed by atoms with Crippen LogP contribution in [0.15, 0.2) is 24.3 Å². The predicted molar refractivity (Wildman–Crippen MR) is 80.5 cm³/mol. The van der Waals surface area contributed by atoms with Crippen LogP contribution in [0.5, 0.6) is 5.75 Å². The maximum Gasteiger partial charge on any atom is 0.237 e. The monoisotopic (exact) mass is 282 g/mol. The van der Waals surface area contributed by atoms with Gasteiger partial charge in [-0.05, 0) is 31.4 Å². The van der Waals surface area contributed by atoms with E-state index < -0.39 is 6.04 Å². The highest BCUT2D eigenvalue weighted by molar-refractivity contribution is 7.98. The van der Waals surface area contributed by atoms with Crippen LogP contribution >= 0.6 is 11.8 Å². The van der Waals surface area contributed by atoms with Crippen LogP contribution in [0.25, 0.3) is 0 Å². The fraction of sp³-hybridized carbons (Fsp3) is 0.500. The number of benzene rings is 1. The van der Waals surface area contributed by atoms with Gasteiger partial charge in [0.15, 0.2) is 0 Å². The Morgan fingerprint density at radius 1 is 1.47 bits per heavy atom. The number of thioether (sulfide) groups is 1. The van der Waals surface area contributed by atoms with Crippen LogP contribution in [0.3, 0.4) is 0 Å². The Labute approximate surface area is 119 Å². The minimum atomic E-state index is -0.454. The lowest BCUT2D eigenvalue weighted by Crippen LogP contribution is -2.42. The van der Waals surface area contributed by atoms with Gasteiger partial charge in [-0.3, -0.25) is 4.79 Å². The van der Waals surface area contributed by atoms with E-state index in [1.807, 2.05) is 37.4 Å². The standard InChI is InChI=1S/C14H22N2O2S/c1-10(11-6-4-5-7-13(11)18-2)16-14(17)12(15)8-9-19-3/h4-7,10,12H,8-9,15H2,1-3H3,(H,16,17)/t10?,12-/m0/s1. The predicted octanol–water partition coefficient (Wildman–Crippen LogP) is 1.95. The van der Waals surface area contributed by atoms with Crippen molar-refractivity contribution in [1.82, 2.24) is 5.32 Å². The first kappa shape index (κ1) is 15.9. The molecule has 0 fully saturated rings. The molecule has 1 unspecified atom stereocenters. The van der Waals surface area contributed by atoms with Crippen molar-refractivity contribution in [3.05, 3.63) is 29.8 Å². The van der Waals surface area contributed by atoms with Crippen molar-refractivity contribution >= 4 is 17.7 Å². The lowest BCUT2D eigenvalue weighted by molar-refractivity contribution is -0.123. The fourth-order valence-corrected chi connectivity index (χ4v) is 2.29. The first-order valence-electron chi connectivity index (χ1n) is 6.28. The molecule has 1 aromatic carbocycles. The Bertz CT molecular complexity index is 412. The molecular weight excluding hydrogens is 260 g/mol. The molecule has 2 atom stereocenters. The Hall–Kier alpha value is -1.20. The first-order chi connectivity index (χ1) is 9.10. The molecule has 4 nitrogen and oxygen atoms in total. The lowest BCUT2D eigenvalue weighted by Gasteiger charge is -2.19. The molecule has 0 saturated heterocycles. The number of nitrogens with two attached hydrogens (primary N) is 1. The molecule has 0 bridgehead atoms. The van der Waals surface area contributed by atoms with Crippen LogP contribution in [0, 0.1) is 0 Å². The highest BCUT2D eigenvalue weighted by Gasteiger charge is 2.18. The van der Waals surface area contributed by atoms with E-state index in [-0.39, 0.29) is 11.9 Å². The third-order valence-electron chi connectivity index (χ3n) is 2.93. The summed E-state index contributed by atoms with van der Waals surface area (Å²) in [6.07, 6.45) is 2.69. The second-order valence-electron chi connectivity index (χ2n) is 4.36. The second-order valence-corrected chi connectivity index (χ2v) is 5.35. The number of amides is 1. The zero-order chi connectivity index (χ0) is 14.3. The largest absolute Gasteiger partial charge is 0.496 e. The molecule has 0 heterocycles. The van der Waals surface area contributed by atoms with Crippen LogP contribution in [-0.2, 0) is 4.79 Å². The van der Waals surface area contributed by atoms with Crippen molar-refractivity contribution in [3.63, 3.8) is 0 Å². The van der Waals surface area contributed by atoms with Crippen molar-refractivity contribution in [2.45, 2.75) is 25.4 Å². The van der Waals surface area contributed by atoms with Crippen molar-refractivity contribution in [2.75, 3.05) is 19.1 Å². The molecule has 106 valence electrons. The van der Waals surface area contributed by atoms with Crippen LogP contribution in [0.2, 0.25) is 0 Å². The van der Waals surface area contributed by atoms with Gasteiger partial charge in [0.2, 0.25) is 5.91 Å². The number of hydrogen-bond acceptors (Lipinski definition) is 4. The fourth-order valence-electron chi connectivity index (χ4n) is 1.80. The Morgan fingerprint density at radius 2 is 2.16 bits per heavy atom. The van der Waals surface area contributed by atoms with Gasteiger partial charge < -0.3 is 15.8 Å². The molecule has 1 rings (SSSR count). The SMILES string of the molecule is COc1ccccc1C(C)NC(=O)[C@@H](N)CCSC. The number of para-hydroxylation sites is 1. The molecular formula is C14H22N2O2S. The van der Waals surface area contributed by atoms with Gasteiger partial charge in [-0.15, -0.1) is 0 Å². The van der Waals surface area contributed by atoms with Crippen molar-refractivity contribution < 1.29 is 9.53 Å². The number of ether oxygens (including phenoxy) is 1. The zero-order valence-corrected chi connectivity index (χ0v) is 12.5. The summed E-state index contributed by atoms with van der Waals surface area (Å²) in [6.45, 7) is 1.93. The molecule has 1 aromatic rings. The summed E-state index contributed by atoms with van der Waals surface area (Å²) in [5.74, 6) is 1.54. The van der Waals surface area contributed by atoms with Gasteiger partial charge in [0.25, 0.3) is 0 Å². The van der Waals surface area contributed by atoms with Gasteiger partial charge in [0, 0.05) is 5.56 Å². The lowest BCUT2D eigenvalue weighted by atomic mass is 10.1. The molecule has 0 aliphatic rings. The van der Waals surface area contributed by atoms with Gasteiger partial charge in [0.05, 0.1) is 19.2 Å². The van der Waals surface area contributed by atoms with Gasteiger partial charge in [-0.25, -0.2) is 0 Å². The molecule has 19 heavy (non-hydrogen) atoms. The molecule has 0 aromatic heterocycles. The minimum Gasteiger partial charge on any atom is -0.496 e. The first-order valence-corrected chi connectivity index (χ1v) is 7.67. The van der Waals surface area contributed by atoms with E-state index >= 15 is 0 Å². The molecule has 0 aliphatic heterocycles. The van der Waals surface area contributed by atoms with E-state index in [4.69, 9.17) is 10.5 Å². The molecule has 5 heteroatoms. The summed E-state index contributed by atoms with van der Waals surface area (Å²) in [6, 6.07) is 7.08. The smallest absolute Gasteiger partial charge is 0.237 e. The van der Waals surface area contributed by atoms with E-state index in [0.29, 0.717) is 6.42 Å². The van der Waals surface area contributed by atoms with Crippen LogP contribution in [0.4, 0.5) is 0 Å². The summed E-state index contributed by atoms with van der Waals surface area (Å²) in [4.78, 5) is 11.9. The third kappa shape index (κ3) is 4.76. The summed E-state index contributed by atoms with van der Waals surface area (Å²) in [5, 5.41) is 2.93. The van der Waals surface area contributed by atoms with Gasteiger partial charge >= 0.3 is 0 Å². The average Bonchev–Trinajstić information content (AvgIpc) is 2.44. The summed E-state index contributed by atoms with van der Waals surface area (Å²) in [7, 11) is 1.62. The van der Waals surface area contributed by atoms with E-state index in [2.05, 4.69) is 5.32 Å². The summed E-state index contributed by atoms with van der Waals surface area (Å²) < 4.78 is 5.29. The Balaban J connectivity index is 2.63. The molecule has 0 saturated carbocycles. The normalized spacial score (nSPS) is 13.7. The highest BCUT2D eigenvalue weighted by Crippen LogP contribution is 2.24. The van der Waals surface area contributed by atoms with Crippen LogP contribution in [0.1, 0.15) is 24.9 Å². The summed E-state index contributed by atoms with van der Waals surface area (Å²) >= 11 is 1.69. The second kappa shape index (κ2) is 8.07. The quantitative estimate of drug-likeness (QED) is 0.802. The average molecular weight is 282 g/mol. The number of hydrogen-bond donors (Lipinski definition) is 2. The zero-order valence-electron chi connectivity index (χ0n) is 11.7. The van der Waals surface area contributed by atoms with E-state index in [1.165, 1.54) is 0 Å². The maximum absolute atomic E-state index is 11.9. The summed E-state index contributed by atoms with van der Waals surface area (Å²) in [5.41, 5.74) is 6.80. The van der Waals surface area contributed by atoms with Crippen molar-refractivity contribution in [3.8, 4) is 5.75 Å². The van der Waals surface area contributed by atoms with Gasteiger partial charge in [-0.1, -0.05) is 18.2 Å². The number of nitrogens with one attached hydrogen (secondary N) is 1. The highest BCUT2D eigenvalue weighted by atomic mass is 32.2. The molecule has 0 spiro atoms. The number of methoxy groups -OCH3 is 1. The van der Waals surface area contributed by atoms with E-state index in [9.17, 15) is 4.79 Å².